The summed E-state index contributed by atoms with van der Waals surface area (Å²) in [5, 5.41) is 0. The SMILES string of the molecule is CC(C)CN1CCN(C(=O)CCC[C@@H]2[C@H]3CCCN4CCC[C@@H](CN2Cc2cccnc2)[C@@H]34)CC1. The van der Waals surface area contributed by atoms with E-state index < -0.39 is 0 Å². The van der Waals surface area contributed by atoms with Crippen molar-refractivity contribution in [3.05, 3.63) is 30.1 Å². The number of hydrogen-bond acceptors (Lipinski definition) is 5. The standard InChI is InChI=1S/C29H47N5O/c1-23(2)20-31-15-17-32(18-16-31)28(35)11-3-10-27-26-9-6-14-33-13-5-8-25(29(26)33)22-34(27)21-24-7-4-12-30-19-24/h4,7,12,19,23,25-27,29H,3,5-6,8-11,13-18,20-22H2,1-2H3/t25-,26+,27+,29-/m0/s1. The zero-order valence-corrected chi connectivity index (χ0v) is 22.2. The van der Waals surface area contributed by atoms with Crippen molar-refractivity contribution in [3.8, 4) is 0 Å². The minimum Gasteiger partial charge on any atom is -0.340 e. The molecular formula is C29H47N5O. The number of piperazine rings is 1. The molecule has 0 aromatic carbocycles. The fourth-order valence-corrected chi connectivity index (χ4v) is 7.70. The molecule has 0 aliphatic carbocycles. The molecule has 4 atom stereocenters. The summed E-state index contributed by atoms with van der Waals surface area (Å²) in [6, 6.07) is 5.66. The van der Waals surface area contributed by atoms with Crippen LogP contribution in [0.25, 0.3) is 0 Å². The maximum absolute atomic E-state index is 13.1. The third kappa shape index (κ3) is 6.08. The van der Waals surface area contributed by atoms with Gasteiger partial charge in [0.05, 0.1) is 0 Å². The maximum Gasteiger partial charge on any atom is 0.222 e. The Balaban J connectivity index is 1.20. The molecule has 4 aliphatic heterocycles. The number of likely N-dealkylation sites (tertiary alicyclic amines) is 1. The molecule has 35 heavy (non-hydrogen) atoms. The van der Waals surface area contributed by atoms with Gasteiger partial charge in [0.25, 0.3) is 0 Å². The van der Waals surface area contributed by atoms with E-state index in [1.165, 1.54) is 50.9 Å². The average molecular weight is 482 g/mol. The van der Waals surface area contributed by atoms with Crippen LogP contribution in [0.15, 0.2) is 24.5 Å². The molecule has 0 N–H and O–H groups in total. The summed E-state index contributed by atoms with van der Waals surface area (Å²) in [7, 11) is 0. The summed E-state index contributed by atoms with van der Waals surface area (Å²) in [6.07, 6.45) is 12.2. The molecule has 5 heterocycles. The number of pyridine rings is 1. The molecule has 194 valence electrons. The summed E-state index contributed by atoms with van der Waals surface area (Å²) >= 11 is 0. The van der Waals surface area contributed by atoms with Gasteiger partial charge in [0.15, 0.2) is 0 Å². The maximum atomic E-state index is 13.1. The molecule has 0 saturated carbocycles. The third-order valence-electron chi connectivity index (χ3n) is 9.13. The minimum absolute atomic E-state index is 0.379. The van der Waals surface area contributed by atoms with E-state index >= 15 is 0 Å². The molecule has 0 unspecified atom stereocenters. The smallest absolute Gasteiger partial charge is 0.222 e. The molecule has 0 spiro atoms. The van der Waals surface area contributed by atoms with Gasteiger partial charge < -0.3 is 4.90 Å². The number of carbonyl (C=O) groups excluding carboxylic acids is 1. The second-order valence-corrected chi connectivity index (χ2v) is 12.1. The Hall–Kier alpha value is -1.50. The van der Waals surface area contributed by atoms with E-state index in [0.29, 0.717) is 24.3 Å². The highest BCUT2D eigenvalue weighted by Gasteiger charge is 2.48. The van der Waals surface area contributed by atoms with Crippen molar-refractivity contribution in [1.82, 2.24) is 24.6 Å². The highest BCUT2D eigenvalue weighted by molar-refractivity contribution is 5.76. The first-order valence-corrected chi connectivity index (χ1v) is 14.5. The summed E-state index contributed by atoms with van der Waals surface area (Å²) in [5.41, 5.74) is 1.33. The van der Waals surface area contributed by atoms with Crippen molar-refractivity contribution in [2.24, 2.45) is 17.8 Å². The van der Waals surface area contributed by atoms with Gasteiger partial charge in [-0.15, -0.1) is 0 Å². The molecule has 5 rings (SSSR count). The second-order valence-electron chi connectivity index (χ2n) is 12.1. The Bertz CT molecular complexity index is 807. The number of piperidine rings is 3. The molecule has 4 aliphatic rings. The van der Waals surface area contributed by atoms with Crippen LogP contribution < -0.4 is 0 Å². The number of carbonyl (C=O) groups is 1. The third-order valence-corrected chi connectivity index (χ3v) is 9.13. The summed E-state index contributed by atoms with van der Waals surface area (Å²) < 4.78 is 0. The Morgan fingerprint density at radius 1 is 1.09 bits per heavy atom. The molecule has 6 heteroatoms. The van der Waals surface area contributed by atoms with Gasteiger partial charge >= 0.3 is 0 Å². The lowest BCUT2D eigenvalue weighted by Crippen LogP contribution is -2.64. The van der Waals surface area contributed by atoms with Crippen LogP contribution in [-0.4, -0.2) is 94.9 Å². The fourth-order valence-electron chi connectivity index (χ4n) is 7.70. The first-order chi connectivity index (χ1) is 17.1. The van der Waals surface area contributed by atoms with Crippen LogP contribution in [0.4, 0.5) is 0 Å². The van der Waals surface area contributed by atoms with Crippen LogP contribution in [0.1, 0.15) is 64.4 Å². The lowest BCUT2D eigenvalue weighted by molar-refractivity contribution is -0.133. The summed E-state index contributed by atoms with van der Waals surface area (Å²) in [5.74, 6) is 2.64. The Morgan fingerprint density at radius 2 is 1.89 bits per heavy atom. The molecule has 1 aromatic heterocycles. The van der Waals surface area contributed by atoms with E-state index in [9.17, 15) is 4.79 Å². The first kappa shape index (κ1) is 25.2. The van der Waals surface area contributed by atoms with E-state index in [0.717, 1.165) is 70.0 Å². The van der Waals surface area contributed by atoms with Crippen molar-refractivity contribution in [1.29, 1.82) is 0 Å². The molecule has 1 aromatic rings. The van der Waals surface area contributed by atoms with E-state index in [2.05, 4.69) is 50.6 Å². The van der Waals surface area contributed by atoms with E-state index in [1.54, 1.807) is 0 Å². The zero-order chi connectivity index (χ0) is 24.2. The van der Waals surface area contributed by atoms with Crippen LogP contribution in [0, 0.1) is 17.8 Å². The predicted molar refractivity (Wildman–Crippen MR) is 141 cm³/mol. The van der Waals surface area contributed by atoms with Crippen molar-refractivity contribution < 1.29 is 4.79 Å². The Labute approximate surface area is 213 Å². The first-order valence-electron chi connectivity index (χ1n) is 14.5. The van der Waals surface area contributed by atoms with Gasteiger partial charge in [-0.3, -0.25) is 24.5 Å². The van der Waals surface area contributed by atoms with E-state index in [1.807, 2.05) is 12.4 Å². The van der Waals surface area contributed by atoms with Crippen molar-refractivity contribution in [3.63, 3.8) is 0 Å². The van der Waals surface area contributed by atoms with Crippen molar-refractivity contribution in [2.45, 2.75) is 77.4 Å². The predicted octanol–water partition coefficient (Wildman–Crippen LogP) is 3.73. The average Bonchev–Trinajstić information content (AvgIpc) is 2.86. The lowest BCUT2D eigenvalue weighted by atomic mass is 9.69. The highest BCUT2D eigenvalue weighted by Crippen LogP contribution is 2.43. The van der Waals surface area contributed by atoms with Crippen molar-refractivity contribution >= 4 is 5.91 Å². The van der Waals surface area contributed by atoms with Crippen LogP contribution in [0.3, 0.4) is 0 Å². The van der Waals surface area contributed by atoms with E-state index in [-0.39, 0.29) is 0 Å². The topological polar surface area (TPSA) is 42.9 Å². The number of aromatic nitrogens is 1. The minimum atomic E-state index is 0.379. The van der Waals surface area contributed by atoms with Crippen LogP contribution in [0.5, 0.6) is 0 Å². The molecule has 4 fully saturated rings. The van der Waals surface area contributed by atoms with Crippen LogP contribution in [-0.2, 0) is 11.3 Å². The highest BCUT2D eigenvalue weighted by atomic mass is 16.2. The molecular weight excluding hydrogens is 434 g/mol. The summed E-state index contributed by atoms with van der Waals surface area (Å²) in [4.78, 5) is 27.7. The molecule has 4 saturated heterocycles. The number of rotatable bonds is 8. The summed E-state index contributed by atoms with van der Waals surface area (Å²) in [6.45, 7) is 14.4. The quantitative estimate of drug-likeness (QED) is 0.566. The zero-order valence-electron chi connectivity index (χ0n) is 22.2. The number of hydrogen-bond donors (Lipinski definition) is 0. The van der Waals surface area contributed by atoms with Gasteiger partial charge in [-0.25, -0.2) is 0 Å². The molecule has 6 nitrogen and oxygen atoms in total. The van der Waals surface area contributed by atoms with Gasteiger partial charge in [-0.05, 0) is 81.0 Å². The molecule has 1 amide bonds. The monoisotopic (exact) mass is 481 g/mol. The van der Waals surface area contributed by atoms with Gasteiger partial charge in [0, 0.05) is 76.7 Å². The van der Waals surface area contributed by atoms with Crippen LogP contribution >= 0.6 is 0 Å². The number of nitrogens with zero attached hydrogens (tertiary/aromatic N) is 5. The van der Waals surface area contributed by atoms with Gasteiger partial charge in [-0.2, -0.15) is 0 Å². The Morgan fingerprint density at radius 3 is 2.63 bits per heavy atom. The van der Waals surface area contributed by atoms with Gasteiger partial charge in [-0.1, -0.05) is 19.9 Å². The fraction of sp³-hybridized carbons (Fsp3) is 0.793. The largest absolute Gasteiger partial charge is 0.340 e. The van der Waals surface area contributed by atoms with Crippen molar-refractivity contribution in [2.75, 3.05) is 52.4 Å². The van der Waals surface area contributed by atoms with Gasteiger partial charge in [0.2, 0.25) is 5.91 Å². The van der Waals surface area contributed by atoms with Crippen LogP contribution in [0.2, 0.25) is 0 Å². The van der Waals surface area contributed by atoms with E-state index in [4.69, 9.17) is 0 Å². The normalized spacial score (nSPS) is 30.4. The lowest BCUT2D eigenvalue weighted by Gasteiger charge is -2.57. The number of amides is 1. The molecule has 0 bridgehead atoms. The molecule has 0 radical (unpaired) electrons. The van der Waals surface area contributed by atoms with Gasteiger partial charge in [0.1, 0.15) is 0 Å². The second kappa shape index (κ2) is 11.7. The Kier molecular flexibility index (Phi) is 8.41.